The SMILES string of the molecule is O=C(O)NC(CS(=O)(=O)N1CCC(Oc2ccc(Cl)cc2Cl)CC1)c1ccccc1. The van der Waals surface area contributed by atoms with E-state index in [4.69, 9.17) is 33.0 Å². The molecule has 1 amide bonds. The van der Waals surface area contributed by atoms with Crippen molar-refractivity contribution in [3.8, 4) is 5.75 Å². The number of hydrogen-bond acceptors (Lipinski definition) is 4. The molecule has 1 aliphatic rings. The number of benzene rings is 2. The van der Waals surface area contributed by atoms with Crippen LogP contribution < -0.4 is 10.1 Å². The minimum absolute atomic E-state index is 0.169. The lowest BCUT2D eigenvalue weighted by Crippen LogP contribution is -2.45. The summed E-state index contributed by atoms with van der Waals surface area (Å²) < 4.78 is 33.1. The van der Waals surface area contributed by atoms with Gasteiger partial charge in [-0.25, -0.2) is 17.5 Å². The van der Waals surface area contributed by atoms with Crippen LogP contribution >= 0.6 is 23.2 Å². The Balaban J connectivity index is 1.62. The summed E-state index contributed by atoms with van der Waals surface area (Å²) in [7, 11) is -3.68. The number of sulfonamides is 1. The Morgan fingerprint density at radius 1 is 1.17 bits per heavy atom. The minimum atomic E-state index is -3.68. The molecule has 0 radical (unpaired) electrons. The maximum Gasteiger partial charge on any atom is 0.405 e. The van der Waals surface area contributed by atoms with Gasteiger partial charge in [-0.15, -0.1) is 0 Å². The van der Waals surface area contributed by atoms with E-state index in [9.17, 15) is 13.2 Å². The van der Waals surface area contributed by atoms with E-state index in [0.29, 0.717) is 34.2 Å². The van der Waals surface area contributed by atoms with Gasteiger partial charge < -0.3 is 15.2 Å². The molecule has 1 fully saturated rings. The van der Waals surface area contributed by atoms with Crippen molar-refractivity contribution in [2.24, 2.45) is 0 Å². The van der Waals surface area contributed by atoms with Crippen LogP contribution in [0.3, 0.4) is 0 Å². The first-order valence-electron chi connectivity index (χ1n) is 9.38. The number of carbonyl (C=O) groups is 1. The fourth-order valence-electron chi connectivity index (χ4n) is 3.35. The third-order valence-corrected chi connectivity index (χ3v) is 7.30. The quantitative estimate of drug-likeness (QED) is 0.629. The normalized spacial score (nSPS) is 16.7. The fourth-order valence-corrected chi connectivity index (χ4v) is 5.48. The van der Waals surface area contributed by atoms with Crippen LogP contribution in [0.4, 0.5) is 4.79 Å². The molecule has 1 atom stereocenters. The second-order valence-electron chi connectivity index (χ2n) is 6.98. The van der Waals surface area contributed by atoms with Crippen LogP contribution in [-0.2, 0) is 10.0 Å². The number of hydrogen-bond donors (Lipinski definition) is 2. The van der Waals surface area contributed by atoms with Crippen LogP contribution in [0.1, 0.15) is 24.4 Å². The van der Waals surface area contributed by atoms with E-state index >= 15 is 0 Å². The Kier molecular flexibility index (Phi) is 7.46. The van der Waals surface area contributed by atoms with Crippen LogP contribution in [0.5, 0.6) is 5.75 Å². The Morgan fingerprint density at radius 2 is 1.83 bits per heavy atom. The van der Waals surface area contributed by atoms with Crippen molar-refractivity contribution < 1.29 is 23.1 Å². The molecule has 1 heterocycles. The van der Waals surface area contributed by atoms with Gasteiger partial charge in [-0.2, -0.15) is 0 Å². The fraction of sp³-hybridized carbons (Fsp3) is 0.350. The number of rotatable bonds is 7. The highest BCUT2D eigenvalue weighted by Gasteiger charge is 2.32. The number of nitrogens with one attached hydrogen (secondary N) is 1. The second-order valence-corrected chi connectivity index (χ2v) is 9.84. The zero-order valence-corrected chi connectivity index (χ0v) is 18.3. The van der Waals surface area contributed by atoms with Crippen molar-refractivity contribution in [1.29, 1.82) is 0 Å². The van der Waals surface area contributed by atoms with Gasteiger partial charge in [0.15, 0.2) is 0 Å². The van der Waals surface area contributed by atoms with Gasteiger partial charge in [0.2, 0.25) is 10.0 Å². The molecule has 0 aliphatic carbocycles. The predicted molar refractivity (Wildman–Crippen MR) is 116 cm³/mol. The van der Waals surface area contributed by atoms with Gasteiger partial charge in [-0.3, -0.25) is 0 Å². The zero-order chi connectivity index (χ0) is 21.7. The number of amides is 1. The second kappa shape index (κ2) is 9.87. The van der Waals surface area contributed by atoms with Gasteiger partial charge in [-0.1, -0.05) is 53.5 Å². The van der Waals surface area contributed by atoms with E-state index in [1.54, 1.807) is 48.5 Å². The summed E-state index contributed by atoms with van der Waals surface area (Å²) in [5.41, 5.74) is 0.596. The molecular formula is C20H22Cl2N2O5S. The summed E-state index contributed by atoms with van der Waals surface area (Å²) in [4.78, 5) is 11.2. The van der Waals surface area contributed by atoms with E-state index in [-0.39, 0.29) is 24.9 Å². The molecule has 10 heteroatoms. The molecule has 162 valence electrons. The van der Waals surface area contributed by atoms with Crippen molar-refractivity contribution in [2.45, 2.75) is 25.0 Å². The maximum atomic E-state index is 12.9. The highest BCUT2D eigenvalue weighted by atomic mass is 35.5. The van der Waals surface area contributed by atoms with Gasteiger partial charge >= 0.3 is 6.09 Å². The Hall–Kier alpha value is -2.00. The van der Waals surface area contributed by atoms with E-state index in [2.05, 4.69) is 5.32 Å². The van der Waals surface area contributed by atoms with E-state index in [1.807, 2.05) is 0 Å². The average Bonchev–Trinajstić information content (AvgIpc) is 2.70. The first-order chi connectivity index (χ1) is 14.2. The van der Waals surface area contributed by atoms with Crippen LogP contribution in [0.2, 0.25) is 10.0 Å². The molecule has 0 bridgehead atoms. The van der Waals surface area contributed by atoms with Crippen LogP contribution in [-0.4, -0.2) is 48.9 Å². The van der Waals surface area contributed by atoms with Gasteiger partial charge in [0, 0.05) is 18.1 Å². The minimum Gasteiger partial charge on any atom is -0.489 e. The lowest BCUT2D eigenvalue weighted by atomic mass is 10.1. The van der Waals surface area contributed by atoms with Crippen LogP contribution in [0.15, 0.2) is 48.5 Å². The third kappa shape index (κ3) is 6.01. The molecule has 0 saturated carbocycles. The molecule has 0 spiro atoms. The van der Waals surface area contributed by atoms with Gasteiger partial charge in [0.1, 0.15) is 11.9 Å². The number of ether oxygens (including phenoxy) is 1. The van der Waals surface area contributed by atoms with Gasteiger partial charge in [0.05, 0.1) is 16.8 Å². The molecule has 2 aromatic rings. The summed E-state index contributed by atoms with van der Waals surface area (Å²) in [6.07, 6.45) is -0.440. The third-order valence-electron chi connectivity index (χ3n) is 4.86. The molecule has 7 nitrogen and oxygen atoms in total. The standard InChI is InChI=1S/C20H22Cl2N2O5S/c21-15-6-7-19(17(22)12-15)29-16-8-10-24(11-9-16)30(27,28)13-18(23-20(25)26)14-4-2-1-3-5-14/h1-7,12,16,18,23H,8-11,13H2,(H,25,26). The van der Waals surface area contributed by atoms with Crippen molar-refractivity contribution in [1.82, 2.24) is 9.62 Å². The monoisotopic (exact) mass is 472 g/mol. The Labute approximate surface area is 185 Å². The summed E-state index contributed by atoms with van der Waals surface area (Å²) in [5.74, 6) is 0.162. The lowest BCUT2D eigenvalue weighted by molar-refractivity contribution is 0.135. The van der Waals surface area contributed by atoms with Crippen molar-refractivity contribution >= 4 is 39.3 Å². The summed E-state index contributed by atoms with van der Waals surface area (Å²) in [5, 5.41) is 12.3. The first-order valence-corrected chi connectivity index (χ1v) is 11.7. The van der Waals surface area contributed by atoms with E-state index < -0.39 is 22.2 Å². The van der Waals surface area contributed by atoms with Crippen molar-refractivity contribution in [2.75, 3.05) is 18.8 Å². The zero-order valence-electron chi connectivity index (χ0n) is 16.0. The Morgan fingerprint density at radius 3 is 2.43 bits per heavy atom. The van der Waals surface area contributed by atoms with Gasteiger partial charge in [-0.05, 0) is 36.6 Å². The molecule has 1 unspecified atom stereocenters. The highest BCUT2D eigenvalue weighted by Crippen LogP contribution is 2.30. The lowest BCUT2D eigenvalue weighted by Gasteiger charge is -2.32. The van der Waals surface area contributed by atoms with Crippen molar-refractivity contribution in [3.05, 3.63) is 64.1 Å². The predicted octanol–water partition coefficient (Wildman–Crippen LogP) is 4.18. The van der Waals surface area contributed by atoms with Crippen LogP contribution in [0, 0.1) is 0 Å². The van der Waals surface area contributed by atoms with E-state index in [0.717, 1.165) is 0 Å². The molecule has 1 aliphatic heterocycles. The number of nitrogens with zero attached hydrogens (tertiary/aromatic N) is 1. The molecule has 2 aromatic carbocycles. The van der Waals surface area contributed by atoms with Gasteiger partial charge in [0.25, 0.3) is 0 Å². The first kappa shape index (κ1) is 22.7. The molecule has 0 aromatic heterocycles. The molecule has 30 heavy (non-hydrogen) atoms. The van der Waals surface area contributed by atoms with E-state index in [1.165, 1.54) is 4.31 Å². The molecule has 1 saturated heterocycles. The maximum absolute atomic E-state index is 12.9. The Bertz CT molecular complexity index is 980. The summed E-state index contributed by atoms with van der Waals surface area (Å²) >= 11 is 12.0. The topological polar surface area (TPSA) is 95.9 Å². The highest BCUT2D eigenvalue weighted by molar-refractivity contribution is 7.89. The molecule has 3 rings (SSSR count). The smallest absolute Gasteiger partial charge is 0.405 e. The summed E-state index contributed by atoms with van der Waals surface area (Å²) in [6.45, 7) is 0.569. The van der Waals surface area contributed by atoms with Crippen LogP contribution in [0.25, 0.3) is 0 Å². The molecular weight excluding hydrogens is 451 g/mol. The van der Waals surface area contributed by atoms with Crippen molar-refractivity contribution in [3.63, 3.8) is 0 Å². The number of piperidine rings is 1. The molecule has 2 N–H and O–H groups in total. The largest absolute Gasteiger partial charge is 0.489 e. The number of halogens is 2. The number of carboxylic acid groups (broad SMARTS) is 1. The average molecular weight is 473 g/mol. The summed E-state index contributed by atoms with van der Waals surface area (Å²) in [6, 6.07) is 12.8.